The summed E-state index contributed by atoms with van der Waals surface area (Å²) in [5.41, 5.74) is 1.23. The van der Waals surface area contributed by atoms with Crippen molar-refractivity contribution in [1.29, 1.82) is 0 Å². The highest BCUT2D eigenvalue weighted by Gasteiger charge is 1.98. The van der Waals surface area contributed by atoms with Gasteiger partial charge in [0.05, 0.1) is 0 Å². The summed E-state index contributed by atoms with van der Waals surface area (Å²) in [5, 5.41) is 4.13. The van der Waals surface area contributed by atoms with Crippen LogP contribution in [0.1, 0.15) is 19.9 Å². The molecule has 0 bridgehead atoms. The number of hydrogen-bond acceptors (Lipinski definition) is 1. The molecule has 0 spiro atoms. The Hall–Kier alpha value is -0.725. The molecule has 1 aromatic rings. The van der Waals surface area contributed by atoms with Crippen molar-refractivity contribution in [2.75, 3.05) is 0 Å². The van der Waals surface area contributed by atoms with Crippen molar-refractivity contribution in [3.63, 3.8) is 0 Å². The number of aromatic nitrogens is 2. The van der Waals surface area contributed by atoms with E-state index >= 15 is 0 Å². The quantitative estimate of drug-likeness (QED) is 0.468. The van der Waals surface area contributed by atoms with Crippen molar-refractivity contribution in [2.45, 2.75) is 19.9 Å². The zero-order valence-electron chi connectivity index (χ0n) is 6.13. The Morgan fingerprint density at radius 1 is 1.67 bits per heavy atom. The molecule has 1 aromatic heterocycles. The third kappa shape index (κ3) is 1.15. The summed E-state index contributed by atoms with van der Waals surface area (Å²) < 4.78 is 2.00. The summed E-state index contributed by atoms with van der Waals surface area (Å²) in [7, 11) is 2.06. The van der Waals surface area contributed by atoms with Gasteiger partial charge >= 0.3 is 0 Å². The molecule has 0 radical (unpaired) electrons. The molecule has 2 nitrogen and oxygen atoms in total. The largest absolute Gasteiger partial charge is 0.277 e. The van der Waals surface area contributed by atoms with E-state index in [1.54, 1.807) is 0 Å². The smallest absolute Gasteiger partial charge is 0.163 e. The van der Waals surface area contributed by atoms with Gasteiger partial charge in [-0.2, -0.15) is 5.10 Å². The molecular formula is C6H11BN2. The minimum atomic E-state index is 0.486. The van der Waals surface area contributed by atoms with Crippen LogP contribution in [0.2, 0.25) is 0 Å². The van der Waals surface area contributed by atoms with Gasteiger partial charge in [-0.25, -0.2) is 0 Å². The molecule has 48 valence electrons. The molecule has 3 heteroatoms. The van der Waals surface area contributed by atoms with Gasteiger partial charge in [0.25, 0.3) is 0 Å². The summed E-state index contributed by atoms with van der Waals surface area (Å²) in [6.07, 6.45) is 1.83. The van der Waals surface area contributed by atoms with Crippen molar-refractivity contribution < 1.29 is 0 Å². The standard InChI is InChI=1S/C6H11BN2/c1-5(2)9-6(7)3-4-8-9/h3-5H,7H2,1-2H3. The van der Waals surface area contributed by atoms with Gasteiger partial charge in [0.15, 0.2) is 7.85 Å². The molecule has 1 heterocycles. The average Bonchev–Trinajstić information content (AvgIpc) is 2.13. The minimum Gasteiger partial charge on any atom is -0.277 e. The van der Waals surface area contributed by atoms with Crippen molar-refractivity contribution in [2.24, 2.45) is 0 Å². The van der Waals surface area contributed by atoms with E-state index in [4.69, 9.17) is 0 Å². The first-order valence-corrected chi connectivity index (χ1v) is 3.22. The zero-order chi connectivity index (χ0) is 6.85. The van der Waals surface area contributed by atoms with Crippen LogP contribution in [0.4, 0.5) is 0 Å². The van der Waals surface area contributed by atoms with Gasteiger partial charge in [-0.1, -0.05) is 0 Å². The third-order valence-electron chi connectivity index (χ3n) is 1.36. The molecule has 1 rings (SSSR count). The topological polar surface area (TPSA) is 17.8 Å². The highest BCUT2D eigenvalue weighted by atomic mass is 15.3. The van der Waals surface area contributed by atoms with Crippen LogP contribution < -0.4 is 5.59 Å². The Kier molecular flexibility index (Phi) is 1.60. The van der Waals surface area contributed by atoms with Crippen LogP contribution >= 0.6 is 0 Å². The molecule has 0 saturated heterocycles. The van der Waals surface area contributed by atoms with Crippen molar-refractivity contribution in [1.82, 2.24) is 9.78 Å². The molecule has 0 atom stereocenters. The normalized spacial score (nSPS) is 10.6. The lowest BCUT2D eigenvalue weighted by Crippen LogP contribution is -2.19. The first-order valence-electron chi connectivity index (χ1n) is 3.22. The lowest BCUT2D eigenvalue weighted by molar-refractivity contribution is 0.546. The maximum Gasteiger partial charge on any atom is 0.163 e. The van der Waals surface area contributed by atoms with E-state index in [2.05, 4.69) is 26.8 Å². The second kappa shape index (κ2) is 2.25. The van der Waals surface area contributed by atoms with Gasteiger partial charge in [0.2, 0.25) is 0 Å². The Balaban J connectivity index is 2.94. The summed E-state index contributed by atoms with van der Waals surface area (Å²) in [6.45, 7) is 4.25. The Bertz CT molecular complexity index is 193. The highest BCUT2D eigenvalue weighted by molar-refractivity contribution is 6.30. The number of hydrogen-bond donors (Lipinski definition) is 0. The van der Waals surface area contributed by atoms with Crippen molar-refractivity contribution in [3.8, 4) is 0 Å². The lowest BCUT2D eigenvalue weighted by Gasteiger charge is -2.06. The van der Waals surface area contributed by atoms with E-state index in [0.717, 1.165) is 0 Å². The maximum absolute atomic E-state index is 4.13. The first kappa shape index (κ1) is 6.40. The molecule has 0 aromatic carbocycles. The minimum absolute atomic E-state index is 0.486. The van der Waals surface area contributed by atoms with E-state index in [9.17, 15) is 0 Å². The third-order valence-corrected chi connectivity index (χ3v) is 1.36. The fourth-order valence-corrected chi connectivity index (χ4v) is 0.921. The summed E-state index contributed by atoms with van der Waals surface area (Å²) >= 11 is 0. The maximum atomic E-state index is 4.13. The van der Waals surface area contributed by atoms with Crippen LogP contribution in [0, 0.1) is 0 Å². The predicted octanol–water partition coefficient (Wildman–Crippen LogP) is -0.278. The zero-order valence-corrected chi connectivity index (χ0v) is 6.13. The van der Waals surface area contributed by atoms with E-state index < -0.39 is 0 Å². The number of nitrogens with zero attached hydrogens (tertiary/aromatic N) is 2. The van der Waals surface area contributed by atoms with E-state index in [1.165, 1.54) is 5.59 Å². The van der Waals surface area contributed by atoms with Gasteiger partial charge in [0, 0.05) is 12.2 Å². The average molecular weight is 122 g/mol. The SMILES string of the molecule is Bc1ccnn1C(C)C. The monoisotopic (exact) mass is 122 g/mol. The molecule has 0 amide bonds. The molecule has 0 aliphatic rings. The second-order valence-corrected chi connectivity index (χ2v) is 2.51. The molecular weight excluding hydrogens is 111 g/mol. The Morgan fingerprint density at radius 2 is 2.33 bits per heavy atom. The fourth-order valence-electron chi connectivity index (χ4n) is 0.921. The second-order valence-electron chi connectivity index (χ2n) is 2.51. The molecule has 0 fully saturated rings. The predicted molar refractivity (Wildman–Crippen MR) is 40.8 cm³/mol. The molecule has 9 heavy (non-hydrogen) atoms. The summed E-state index contributed by atoms with van der Waals surface area (Å²) in [5.74, 6) is 0. The van der Waals surface area contributed by atoms with Crippen LogP contribution in [-0.2, 0) is 0 Å². The fraction of sp³-hybridized carbons (Fsp3) is 0.500. The van der Waals surface area contributed by atoms with Crippen LogP contribution in [0.25, 0.3) is 0 Å². The molecule has 0 unspecified atom stereocenters. The first-order chi connectivity index (χ1) is 4.22. The van der Waals surface area contributed by atoms with Crippen LogP contribution in [-0.4, -0.2) is 17.6 Å². The van der Waals surface area contributed by atoms with Gasteiger partial charge in [0.1, 0.15) is 0 Å². The van der Waals surface area contributed by atoms with Crippen molar-refractivity contribution in [3.05, 3.63) is 12.3 Å². The molecule has 0 aliphatic heterocycles. The van der Waals surface area contributed by atoms with Gasteiger partial charge in [-0.05, 0) is 25.5 Å². The van der Waals surface area contributed by atoms with E-state index in [1.807, 2.05) is 16.9 Å². The van der Waals surface area contributed by atoms with Crippen LogP contribution in [0.3, 0.4) is 0 Å². The summed E-state index contributed by atoms with van der Waals surface area (Å²) in [6, 6.07) is 2.50. The van der Waals surface area contributed by atoms with Crippen molar-refractivity contribution >= 4 is 13.4 Å². The number of rotatable bonds is 1. The Morgan fingerprint density at radius 3 is 2.56 bits per heavy atom. The Labute approximate surface area is 56.3 Å². The van der Waals surface area contributed by atoms with Gasteiger partial charge < -0.3 is 0 Å². The molecule has 0 N–H and O–H groups in total. The van der Waals surface area contributed by atoms with Gasteiger partial charge in [-0.3, -0.25) is 4.68 Å². The lowest BCUT2D eigenvalue weighted by atomic mass is 10.1. The van der Waals surface area contributed by atoms with Crippen LogP contribution in [0.15, 0.2) is 12.3 Å². The van der Waals surface area contributed by atoms with Gasteiger partial charge in [-0.15, -0.1) is 0 Å². The van der Waals surface area contributed by atoms with E-state index in [-0.39, 0.29) is 0 Å². The van der Waals surface area contributed by atoms with E-state index in [0.29, 0.717) is 6.04 Å². The molecule has 0 aliphatic carbocycles. The van der Waals surface area contributed by atoms with Crippen LogP contribution in [0.5, 0.6) is 0 Å². The summed E-state index contributed by atoms with van der Waals surface area (Å²) in [4.78, 5) is 0. The molecule has 0 saturated carbocycles. The highest BCUT2D eigenvalue weighted by Crippen LogP contribution is 1.96.